The van der Waals surface area contributed by atoms with Crippen molar-refractivity contribution < 1.29 is 9.84 Å². The zero-order valence-corrected chi connectivity index (χ0v) is 11.1. The molecule has 0 aromatic heterocycles. The number of aliphatic hydroxyl groups is 1. The molecule has 4 heteroatoms. The summed E-state index contributed by atoms with van der Waals surface area (Å²) in [7, 11) is 1.66. The molecule has 1 aromatic carbocycles. The maximum Gasteiger partial charge on any atom is 0.120 e. The van der Waals surface area contributed by atoms with E-state index in [2.05, 4.69) is 0 Å². The highest BCUT2D eigenvalue weighted by Gasteiger charge is 2.02. The number of methoxy groups -OCH3 is 1. The molecule has 0 radical (unpaired) electrons. The zero-order valence-electron chi connectivity index (χ0n) is 10.3. The number of anilines is 1. The molecule has 3 nitrogen and oxygen atoms in total. The van der Waals surface area contributed by atoms with Gasteiger partial charge in [0.2, 0.25) is 0 Å². The number of thioether (sulfide) groups is 1. The molecule has 0 amide bonds. The van der Waals surface area contributed by atoms with Crippen LogP contribution >= 0.6 is 11.8 Å². The SMILES string of the molecule is COc1ccc(N)c(SCCCCCCO)c1. The smallest absolute Gasteiger partial charge is 0.120 e. The first-order chi connectivity index (χ1) is 8.27. The molecular weight excluding hydrogens is 234 g/mol. The minimum absolute atomic E-state index is 0.302. The minimum atomic E-state index is 0.302. The molecule has 0 saturated heterocycles. The number of nitrogen functional groups attached to an aromatic ring is 1. The van der Waals surface area contributed by atoms with Gasteiger partial charge in [-0.05, 0) is 36.8 Å². The zero-order chi connectivity index (χ0) is 12.5. The Morgan fingerprint density at radius 2 is 2.00 bits per heavy atom. The Morgan fingerprint density at radius 3 is 2.71 bits per heavy atom. The Morgan fingerprint density at radius 1 is 1.24 bits per heavy atom. The van der Waals surface area contributed by atoms with Crippen LogP contribution in [0.15, 0.2) is 23.1 Å². The average molecular weight is 255 g/mol. The van der Waals surface area contributed by atoms with Crippen molar-refractivity contribution in [3.63, 3.8) is 0 Å². The van der Waals surface area contributed by atoms with E-state index in [0.717, 1.165) is 47.8 Å². The topological polar surface area (TPSA) is 55.5 Å². The van der Waals surface area contributed by atoms with Gasteiger partial charge >= 0.3 is 0 Å². The third-order valence-corrected chi connectivity index (χ3v) is 3.69. The first-order valence-electron chi connectivity index (χ1n) is 5.95. The average Bonchev–Trinajstić information content (AvgIpc) is 2.35. The largest absolute Gasteiger partial charge is 0.497 e. The van der Waals surface area contributed by atoms with Crippen molar-refractivity contribution in [2.24, 2.45) is 0 Å². The van der Waals surface area contributed by atoms with E-state index >= 15 is 0 Å². The van der Waals surface area contributed by atoms with Crippen LogP contribution in [0, 0.1) is 0 Å². The molecule has 0 saturated carbocycles. The number of hydrogen-bond donors (Lipinski definition) is 2. The molecule has 3 N–H and O–H groups in total. The lowest BCUT2D eigenvalue weighted by Crippen LogP contribution is -1.91. The van der Waals surface area contributed by atoms with Gasteiger partial charge in [0.15, 0.2) is 0 Å². The Hall–Kier alpha value is -0.870. The lowest BCUT2D eigenvalue weighted by atomic mass is 10.2. The molecule has 0 fully saturated rings. The van der Waals surface area contributed by atoms with Crippen LogP contribution in [-0.4, -0.2) is 24.6 Å². The Bertz CT molecular complexity index is 331. The fraction of sp³-hybridized carbons (Fsp3) is 0.538. The van der Waals surface area contributed by atoms with Crippen molar-refractivity contribution >= 4 is 17.4 Å². The highest BCUT2D eigenvalue weighted by molar-refractivity contribution is 7.99. The van der Waals surface area contributed by atoms with Crippen LogP contribution in [0.2, 0.25) is 0 Å². The maximum atomic E-state index is 8.66. The number of aliphatic hydroxyl groups excluding tert-OH is 1. The molecule has 17 heavy (non-hydrogen) atoms. The highest BCUT2D eigenvalue weighted by Crippen LogP contribution is 2.29. The molecule has 1 aromatic rings. The molecule has 0 aliphatic heterocycles. The summed E-state index contributed by atoms with van der Waals surface area (Å²) in [4.78, 5) is 1.09. The van der Waals surface area contributed by atoms with E-state index in [4.69, 9.17) is 15.6 Å². The molecule has 0 heterocycles. The molecule has 0 aliphatic rings. The second kappa shape index (κ2) is 8.25. The van der Waals surface area contributed by atoms with Crippen LogP contribution < -0.4 is 10.5 Å². The van der Waals surface area contributed by atoms with E-state index in [1.165, 1.54) is 0 Å². The van der Waals surface area contributed by atoms with Crippen LogP contribution in [0.4, 0.5) is 5.69 Å². The third-order valence-electron chi connectivity index (χ3n) is 2.53. The van der Waals surface area contributed by atoms with Gasteiger partial charge in [0.1, 0.15) is 5.75 Å². The van der Waals surface area contributed by atoms with Crippen molar-refractivity contribution in [2.75, 3.05) is 25.2 Å². The van der Waals surface area contributed by atoms with E-state index in [-0.39, 0.29) is 0 Å². The second-order valence-electron chi connectivity index (χ2n) is 3.89. The second-order valence-corrected chi connectivity index (χ2v) is 5.03. The summed E-state index contributed by atoms with van der Waals surface area (Å²) >= 11 is 1.77. The number of benzene rings is 1. The van der Waals surface area contributed by atoms with Gasteiger partial charge in [-0.3, -0.25) is 0 Å². The highest BCUT2D eigenvalue weighted by atomic mass is 32.2. The number of hydrogen-bond acceptors (Lipinski definition) is 4. The quantitative estimate of drug-likeness (QED) is 0.426. The monoisotopic (exact) mass is 255 g/mol. The van der Waals surface area contributed by atoms with E-state index in [0.29, 0.717) is 6.61 Å². The molecular formula is C13H21NO2S. The minimum Gasteiger partial charge on any atom is -0.497 e. The van der Waals surface area contributed by atoms with Crippen LogP contribution in [0.1, 0.15) is 25.7 Å². The third kappa shape index (κ3) is 5.33. The van der Waals surface area contributed by atoms with Gasteiger partial charge in [0, 0.05) is 17.2 Å². The number of unbranched alkanes of at least 4 members (excludes halogenated alkanes) is 3. The summed E-state index contributed by atoms with van der Waals surface area (Å²) in [5, 5.41) is 8.66. The summed E-state index contributed by atoms with van der Waals surface area (Å²) in [5.74, 6) is 1.91. The first kappa shape index (κ1) is 14.2. The fourth-order valence-corrected chi connectivity index (χ4v) is 2.52. The van der Waals surface area contributed by atoms with Crippen LogP contribution in [0.25, 0.3) is 0 Å². The summed E-state index contributed by atoms with van der Waals surface area (Å²) < 4.78 is 5.17. The molecule has 1 rings (SSSR count). The molecule has 0 atom stereocenters. The summed E-state index contributed by atoms with van der Waals surface area (Å²) in [6.45, 7) is 0.302. The number of rotatable bonds is 8. The normalized spacial score (nSPS) is 10.5. The van der Waals surface area contributed by atoms with E-state index in [1.807, 2.05) is 18.2 Å². The van der Waals surface area contributed by atoms with E-state index < -0.39 is 0 Å². The molecule has 96 valence electrons. The Kier molecular flexibility index (Phi) is 6.89. The van der Waals surface area contributed by atoms with Crippen molar-refractivity contribution in [1.82, 2.24) is 0 Å². The lowest BCUT2D eigenvalue weighted by Gasteiger charge is -2.07. The summed E-state index contributed by atoms with van der Waals surface area (Å²) in [5.41, 5.74) is 6.71. The van der Waals surface area contributed by atoms with E-state index in [9.17, 15) is 0 Å². The maximum absolute atomic E-state index is 8.66. The van der Waals surface area contributed by atoms with Crippen LogP contribution in [-0.2, 0) is 0 Å². The molecule has 0 aliphatic carbocycles. The van der Waals surface area contributed by atoms with Gasteiger partial charge in [-0.25, -0.2) is 0 Å². The van der Waals surface area contributed by atoms with Crippen molar-refractivity contribution in [3.05, 3.63) is 18.2 Å². The summed E-state index contributed by atoms with van der Waals surface area (Å²) in [6, 6.07) is 5.74. The Labute approximate surface area is 107 Å². The predicted octanol–water partition coefficient (Wildman–Crippen LogP) is 2.92. The van der Waals surface area contributed by atoms with Gasteiger partial charge in [0.05, 0.1) is 7.11 Å². The van der Waals surface area contributed by atoms with Gasteiger partial charge in [-0.2, -0.15) is 0 Å². The number of ether oxygens (including phenoxy) is 1. The van der Waals surface area contributed by atoms with E-state index in [1.54, 1.807) is 18.9 Å². The lowest BCUT2D eigenvalue weighted by molar-refractivity contribution is 0.283. The fourth-order valence-electron chi connectivity index (χ4n) is 1.52. The standard InChI is InChI=1S/C13H21NO2S/c1-16-11-6-7-12(14)13(10-11)17-9-5-3-2-4-8-15/h6-7,10,15H,2-5,8-9,14H2,1H3. The predicted molar refractivity (Wildman–Crippen MR) is 73.7 cm³/mol. The molecule has 0 unspecified atom stereocenters. The van der Waals surface area contributed by atoms with Gasteiger partial charge in [0.25, 0.3) is 0 Å². The number of nitrogens with two attached hydrogens (primary N) is 1. The molecule has 0 spiro atoms. The summed E-state index contributed by atoms with van der Waals surface area (Å²) in [6.07, 6.45) is 4.33. The van der Waals surface area contributed by atoms with Gasteiger partial charge < -0.3 is 15.6 Å². The Balaban J connectivity index is 2.30. The van der Waals surface area contributed by atoms with Crippen molar-refractivity contribution in [3.8, 4) is 5.75 Å². The van der Waals surface area contributed by atoms with Crippen LogP contribution in [0.3, 0.4) is 0 Å². The van der Waals surface area contributed by atoms with Gasteiger partial charge in [-0.15, -0.1) is 11.8 Å². The van der Waals surface area contributed by atoms with Crippen molar-refractivity contribution in [2.45, 2.75) is 30.6 Å². The van der Waals surface area contributed by atoms with Crippen LogP contribution in [0.5, 0.6) is 5.75 Å². The van der Waals surface area contributed by atoms with Crippen molar-refractivity contribution in [1.29, 1.82) is 0 Å². The first-order valence-corrected chi connectivity index (χ1v) is 6.93. The van der Waals surface area contributed by atoms with Gasteiger partial charge in [-0.1, -0.05) is 12.8 Å². The molecule has 0 bridgehead atoms.